The first-order valence-corrected chi connectivity index (χ1v) is 3.70. The van der Waals surface area contributed by atoms with E-state index in [1.165, 1.54) is 0 Å². The van der Waals surface area contributed by atoms with Crippen molar-refractivity contribution in [3.8, 4) is 5.75 Å². The molecule has 1 aromatic heterocycles. The number of nitrogens with zero attached hydrogens (tertiary/aromatic N) is 1. The standard InChI is InChI=1S/C8H10N2O.2ClH/c9-7-2-4-11-8-1-3-10-5-6(7)8;;/h1,3,5,7H,2,4,9H2;2*1H. The summed E-state index contributed by atoms with van der Waals surface area (Å²) in [6.45, 7) is 0.720. The fourth-order valence-corrected chi connectivity index (χ4v) is 1.26. The summed E-state index contributed by atoms with van der Waals surface area (Å²) in [6.07, 6.45) is 4.38. The largest absolute Gasteiger partial charge is 0.493 e. The van der Waals surface area contributed by atoms with Crippen molar-refractivity contribution >= 4 is 24.8 Å². The van der Waals surface area contributed by atoms with Crippen molar-refractivity contribution in [3.63, 3.8) is 0 Å². The van der Waals surface area contributed by atoms with E-state index in [1.54, 1.807) is 12.4 Å². The van der Waals surface area contributed by atoms with Gasteiger partial charge in [0.2, 0.25) is 0 Å². The lowest BCUT2D eigenvalue weighted by Crippen LogP contribution is -2.20. The molecule has 2 N–H and O–H groups in total. The average Bonchev–Trinajstić information content (AvgIpc) is 2.06. The van der Waals surface area contributed by atoms with Gasteiger partial charge in [0, 0.05) is 30.4 Å². The van der Waals surface area contributed by atoms with Crippen molar-refractivity contribution in [1.82, 2.24) is 4.98 Å². The molecular formula is C8H12Cl2N2O. The molecule has 1 unspecified atom stereocenters. The molecule has 2 rings (SSSR count). The number of ether oxygens (including phenoxy) is 1. The maximum Gasteiger partial charge on any atom is 0.127 e. The van der Waals surface area contributed by atoms with Crippen LogP contribution in [0.1, 0.15) is 18.0 Å². The maximum atomic E-state index is 5.83. The number of rotatable bonds is 0. The van der Waals surface area contributed by atoms with Crippen LogP contribution in [0.3, 0.4) is 0 Å². The summed E-state index contributed by atoms with van der Waals surface area (Å²) in [6, 6.07) is 1.96. The summed E-state index contributed by atoms with van der Waals surface area (Å²) in [5.41, 5.74) is 6.85. The predicted octanol–water partition coefficient (Wildman–Crippen LogP) is 1.71. The van der Waals surface area contributed by atoms with Crippen LogP contribution in [-0.2, 0) is 0 Å². The smallest absolute Gasteiger partial charge is 0.127 e. The van der Waals surface area contributed by atoms with Gasteiger partial charge < -0.3 is 10.5 Å². The highest BCUT2D eigenvalue weighted by molar-refractivity contribution is 5.85. The van der Waals surface area contributed by atoms with Crippen molar-refractivity contribution in [2.24, 2.45) is 5.73 Å². The van der Waals surface area contributed by atoms with Crippen molar-refractivity contribution in [3.05, 3.63) is 24.0 Å². The van der Waals surface area contributed by atoms with Gasteiger partial charge in [0.05, 0.1) is 6.61 Å². The lowest BCUT2D eigenvalue weighted by molar-refractivity contribution is 0.268. The number of halogens is 2. The molecule has 0 fully saturated rings. The molecule has 3 nitrogen and oxygen atoms in total. The van der Waals surface area contributed by atoms with Crippen LogP contribution in [-0.4, -0.2) is 11.6 Å². The Kier molecular flexibility index (Phi) is 5.06. The van der Waals surface area contributed by atoms with E-state index in [1.807, 2.05) is 6.07 Å². The van der Waals surface area contributed by atoms with Crippen LogP contribution in [0.25, 0.3) is 0 Å². The Bertz CT molecular complexity index is 270. The zero-order chi connectivity index (χ0) is 7.68. The van der Waals surface area contributed by atoms with Gasteiger partial charge in [-0.15, -0.1) is 24.8 Å². The highest BCUT2D eigenvalue weighted by Gasteiger charge is 2.16. The van der Waals surface area contributed by atoms with Gasteiger partial charge in [-0.3, -0.25) is 4.98 Å². The Morgan fingerprint density at radius 3 is 2.92 bits per heavy atom. The third-order valence-electron chi connectivity index (χ3n) is 1.90. The topological polar surface area (TPSA) is 48.1 Å². The summed E-state index contributed by atoms with van der Waals surface area (Å²) in [4.78, 5) is 3.99. The molecule has 1 aliphatic heterocycles. The molecule has 0 saturated heterocycles. The zero-order valence-corrected chi connectivity index (χ0v) is 8.61. The molecule has 1 aromatic rings. The summed E-state index contributed by atoms with van der Waals surface area (Å²) in [5, 5.41) is 0. The number of pyridine rings is 1. The minimum absolute atomic E-state index is 0. The molecule has 0 aromatic carbocycles. The Labute approximate surface area is 89.5 Å². The second kappa shape index (κ2) is 5.27. The van der Waals surface area contributed by atoms with Gasteiger partial charge in [-0.25, -0.2) is 0 Å². The molecule has 1 atom stereocenters. The molecule has 0 aliphatic carbocycles. The van der Waals surface area contributed by atoms with Crippen molar-refractivity contribution < 1.29 is 4.74 Å². The maximum absolute atomic E-state index is 5.83. The zero-order valence-electron chi connectivity index (χ0n) is 6.97. The highest BCUT2D eigenvalue weighted by atomic mass is 35.5. The fourth-order valence-electron chi connectivity index (χ4n) is 1.26. The van der Waals surface area contributed by atoms with Crippen LogP contribution >= 0.6 is 24.8 Å². The van der Waals surface area contributed by atoms with E-state index in [0.717, 1.165) is 24.3 Å². The Balaban J connectivity index is 0.000000720. The summed E-state index contributed by atoms with van der Waals surface area (Å²) < 4.78 is 5.37. The van der Waals surface area contributed by atoms with E-state index in [9.17, 15) is 0 Å². The Morgan fingerprint density at radius 1 is 1.46 bits per heavy atom. The molecular weight excluding hydrogens is 211 g/mol. The first-order chi connectivity index (χ1) is 5.38. The quantitative estimate of drug-likeness (QED) is 0.728. The number of nitrogens with two attached hydrogens (primary N) is 1. The lowest BCUT2D eigenvalue weighted by Gasteiger charge is -2.21. The number of aromatic nitrogens is 1. The second-order valence-corrected chi connectivity index (χ2v) is 2.66. The number of hydrogen-bond acceptors (Lipinski definition) is 3. The Morgan fingerprint density at radius 2 is 2.23 bits per heavy atom. The first kappa shape index (κ1) is 12.5. The van der Waals surface area contributed by atoms with E-state index in [-0.39, 0.29) is 30.9 Å². The molecule has 74 valence electrons. The molecule has 1 aliphatic rings. The minimum atomic E-state index is 0. The van der Waals surface area contributed by atoms with E-state index in [0.29, 0.717) is 0 Å². The molecule has 0 amide bonds. The van der Waals surface area contributed by atoms with Crippen LogP contribution in [0.15, 0.2) is 18.5 Å². The van der Waals surface area contributed by atoms with Crippen LogP contribution in [0.5, 0.6) is 5.75 Å². The van der Waals surface area contributed by atoms with Gasteiger partial charge in [-0.1, -0.05) is 0 Å². The van der Waals surface area contributed by atoms with Crippen LogP contribution < -0.4 is 10.5 Å². The molecule has 5 heteroatoms. The van der Waals surface area contributed by atoms with Gasteiger partial charge in [0.1, 0.15) is 5.75 Å². The molecule has 13 heavy (non-hydrogen) atoms. The van der Waals surface area contributed by atoms with E-state index in [2.05, 4.69) is 4.98 Å². The lowest BCUT2D eigenvalue weighted by atomic mass is 10.0. The number of fused-ring (bicyclic) bond motifs is 1. The summed E-state index contributed by atoms with van der Waals surface area (Å²) >= 11 is 0. The van der Waals surface area contributed by atoms with Gasteiger partial charge >= 0.3 is 0 Å². The predicted molar refractivity (Wildman–Crippen MR) is 55.8 cm³/mol. The third-order valence-corrected chi connectivity index (χ3v) is 1.90. The van der Waals surface area contributed by atoms with E-state index >= 15 is 0 Å². The number of hydrogen-bond donors (Lipinski definition) is 1. The molecule has 0 spiro atoms. The van der Waals surface area contributed by atoms with E-state index in [4.69, 9.17) is 10.5 Å². The average molecular weight is 223 g/mol. The van der Waals surface area contributed by atoms with E-state index < -0.39 is 0 Å². The van der Waals surface area contributed by atoms with Gasteiger partial charge in [-0.2, -0.15) is 0 Å². The van der Waals surface area contributed by atoms with Gasteiger partial charge in [0.15, 0.2) is 0 Å². The van der Waals surface area contributed by atoms with Crippen molar-refractivity contribution in [2.45, 2.75) is 12.5 Å². The summed E-state index contributed by atoms with van der Waals surface area (Å²) in [5.74, 6) is 0.888. The highest BCUT2D eigenvalue weighted by Crippen LogP contribution is 2.28. The third kappa shape index (κ3) is 2.46. The first-order valence-electron chi connectivity index (χ1n) is 3.70. The molecule has 0 radical (unpaired) electrons. The summed E-state index contributed by atoms with van der Waals surface area (Å²) in [7, 11) is 0. The normalized spacial score (nSPS) is 18.7. The molecule has 2 heterocycles. The molecule has 0 saturated carbocycles. The SMILES string of the molecule is Cl.Cl.NC1CCOc2ccncc21. The fraction of sp³-hybridized carbons (Fsp3) is 0.375. The Hall–Kier alpha value is -0.510. The van der Waals surface area contributed by atoms with Crippen LogP contribution in [0.2, 0.25) is 0 Å². The van der Waals surface area contributed by atoms with Crippen molar-refractivity contribution in [1.29, 1.82) is 0 Å². The molecule has 0 bridgehead atoms. The van der Waals surface area contributed by atoms with Crippen LogP contribution in [0, 0.1) is 0 Å². The second-order valence-electron chi connectivity index (χ2n) is 2.66. The van der Waals surface area contributed by atoms with Crippen molar-refractivity contribution in [2.75, 3.05) is 6.61 Å². The van der Waals surface area contributed by atoms with Crippen LogP contribution in [0.4, 0.5) is 0 Å². The van der Waals surface area contributed by atoms with Gasteiger partial charge in [-0.05, 0) is 6.07 Å². The monoisotopic (exact) mass is 222 g/mol. The van der Waals surface area contributed by atoms with Gasteiger partial charge in [0.25, 0.3) is 0 Å². The minimum Gasteiger partial charge on any atom is -0.493 e.